The number of pyridine rings is 1. The van der Waals surface area contributed by atoms with Gasteiger partial charge in [0.05, 0.1) is 20.6 Å². The van der Waals surface area contributed by atoms with Crippen LogP contribution in [0.2, 0.25) is 10.0 Å². The zero-order chi connectivity index (χ0) is 15.7. The molecule has 0 N–H and O–H groups in total. The van der Waals surface area contributed by atoms with Gasteiger partial charge < -0.3 is 0 Å². The smallest absolute Gasteiger partial charge is 0.268 e. The first-order valence-corrected chi connectivity index (χ1v) is 8.17. The molecule has 3 rings (SSSR count). The number of amides is 1. The summed E-state index contributed by atoms with van der Waals surface area (Å²) < 4.78 is 0.457. The van der Waals surface area contributed by atoms with Gasteiger partial charge in [0, 0.05) is 12.4 Å². The van der Waals surface area contributed by atoms with Crippen LogP contribution in [0.5, 0.6) is 0 Å². The maximum absolute atomic E-state index is 12.6. The SMILES string of the molecule is O=C1/C(=C/c2cccnc2)SC(=S)N1c1ccc(Cl)c(Cl)c1. The summed E-state index contributed by atoms with van der Waals surface area (Å²) in [7, 11) is 0. The summed E-state index contributed by atoms with van der Waals surface area (Å²) in [6.45, 7) is 0. The van der Waals surface area contributed by atoms with Crippen LogP contribution in [0.3, 0.4) is 0 Å². The van der Waals surface area contributed by atoms with E-state index in [0.29, 0.717) is 25.0 Å². The van der Waals surface area contributed by atoms with Gasteiger partial charge in [0.15, 0.2) is 4.32 Å². The Labute approximate surface area is 146 Å². The maximum Gasteiger partial charge on any atom is 0.270 e. The molecule has 1 aromatic carbocycles. The molecule has 1 fully saturated rings. The van der Waals surface area contributed by atoms with Gasteiger partial charge in [0.2, 0.25) is 0 Å². The highest BCUT2D eigenvalue weighted by Crippen LogP contribution is 2.37. The Morgan fingerprint density at radius 3 is 2.73 bits per heavy atom. The van der Waals surface area contributed by atoms with Crippen LogP contribution in [-0.4, -0.2) is 15.2 Å². The number of thioether (sulfide) groups is 1. The van der Waals surface area contributed by atoms with Crippen LogP contribution in [0.4, 0.5) is 5.69 Å². The molecule has 1 aromatic heterocycles. The van der Waals surface area contributed by atoms with Gasteiger partial charge in [-0.15, -0.1) is 0 Å². The molecule has 1 aliphatic heterocycles. The molecule has 2 heterocycles. The summed E-state index contributed by atoms with van der Waals surface area (Å²) >= 11 is 18.5. The van der Waals surface area contributed by atoms with E-state index in [0.717, 1.165) is 5.56 Å². The second-order valence-electron chi connectivity index (χ2n) is 4.40. The number of hydrogen-bond donors (Lipinski definition) is 0. The van der Waals surface area contributed by atoms with Crippen molar-refractivity contribution in [3.05, 3.63) is 63.2 Å². The maximum atomic E-state index is 12.6. The lowest BCUT2D eigenvalue weighted by molar-refractivity contribution is -0.113. The molecular weight excluding hydrogens is 359 g/mol. The average Bonchev–Trinajstić information content (AvgIpc) is 2.78. The van der Waals surface area contributed by atoms with Crippen molar-refractivity contribution in [1.29, 1.82) is 0 Å². The molecule has 0 unspecified atom stereocenters. The fourth-order valence-corrected chi connectivity index (χ4v) is 3.52. The number of carbonyl (C=O) groups is 1. The zero-order valence-corrected chi connectivity index (χ0v) is 14.1. The Balaban J connectivity index is 1.95. The van der Waals surface area contributed by atoms with E-state index in [1.165, 1.54) is 16.7 Å². The Morgan fingerprint density at radius 2 is 2.05 bits per heavy atom. The standard InChI is InChI=1S/C15H8Cl2N2OS2/c16-11-4-3-10(7-12(11)17)19-14(20)13(22-15(19)21)6-9-2-1-5-18-8-9/h1-8H/b13-6-. The quantitative estimate of drug-likeness (QED) is 0.564. The lowest BCUT2D eigenvalue weighted by Gasteiger charge is -2.15. The van der Waals surface area contributed by atoms with E-state index in [2.05, 4.69) is 4.98 Å². The van der Waals surface area contributed by atoms with Crippen LogP contribution in [0.15, 0.2) is 47.6 Å². The van der Waals surface area contributed by atoms with E-state index in [1.807, 2.05) is 12.1 Å². The minimum absolute atomic E-state index is 0.183. The number of thiocarbonyl (C=S) groups is 1. The fraction of sp³-hybridized carbons (Fsp3) is 0. The number of hydrogen-bond acceptors (Lipinski definition) is 4. The van der Waals surface area contributed by atoms with E-state index in [9.17, 15) is 4.79 Å². The van der Waals surface area contributed by atoms with Crippen molar-refractivity contribution in [3.8, 4) is 0 Å². The van der Waals surface area contributed by atoms with Crippen molar-refractivity contribution in [2.45, 2.75) is 0 Å². The van der Waals surface area contributed by atoms with Crippen LogP contribution in [-0.2, 0) is 4.79 Å². The minimum Gasteiger partial charge on any atom is -0.268 e. The summed E-state index contributed by atoms with van der Waals surface area (Å²) in [4.78, 5) is 18.6. The van der Waals surface area contributed by atoms with E-state index < -0.39 is 0 Å². The van der Waals surface area contributed by atoms with Crippen LogP contribution < -0.4 is 4.90 Å². The second kappa shape index (κ2) is 6.38. The molecule has 1 saturated heterocycles. The fourth-order valence-electron chi connectivity index (χ4n) is 1.93. The summed E-state index contributed by atoms with van der Waals surface area (Å²) in [5.74, 6) is -0.183. The monoisotopic (exact) mass is 366 g/mol. The summed E-state index contributed by atoms with van der Waals surface area (Å²) in [5.41, 5.74) is 1.45. The van der Waals surface area contributed by atoms with E-state index >= 15 is 0 Å². The van der Waals surface area contributed by atoms with Crippen molar-refractivity contribution in [2.24, 2.45) is 0 Å². The van der Waals surface area contributed by atoms with Crippen molar-refractivity contribution in [2.75, 3.05) is 4.90 Å². The third-order valence-electron chi connectivity index (χ3n) is 2.94. The number of anilines is 1. The number of halogens is 2. The summed E-state index contributed by atoms with van der Waals surface area (Å²) in [5, 5.41) is 0.811. The number of carbonyl (C=O) groups excluding carboxylic acids is 1. The third kappa shape index (κ3) is 3.03. The highest BCUT2D eigenvalue weighted by Gasteiger charge is 2.33. The van der Waals surface area contributed by atoms with E-state index in [4.69, 9.17) is 35.4 Å². The third-order valence-corrected chi connectivity index (χ3v) is 4.98. The normalized spacial score (nSPS) is 16.6. The number of aromatic nitrogens is 1. The molecule has 3 nitrogen and oxygen atoms in total. The Kier molecular flexibility index (Phi) is 4.49. The summed E-state index contributed by atoms with van der Waals surface area (Å²) in [6, 6.07) is 8.67. The Hall–Kier alpha value is -1.40. The van der Waals surface area contributed by atoms with Gasteiger partial charge in [-0.05, 0) is 35.9 Å². The first kappa shape index (κ1) is 15.5. The molecule has 0 spiro atoms. The number of benzene rings is 1. The molecule has 0 saturated carbocycles. The molecular formula is C15H8Cl2N2OS2. The van der Waals surface area contributed by atoms with Crippen LogP contribution in [0, 0.1) is 0 Å². The molecule has 1 aliphatic rings. The summed E-state index contributed by atoms with van der Waals surface area (Å²) in [6.07, 6.45) is 5.13. The molecule has 0 bridgehead atoms. The first-order valence-electron chi connectivity index (χ1n) is 6.19. The molecule has 0 radical (unpaired) electrons. The zero-order valence-electron chi connectivity index (χ0n) is 11.0. The average molecular weight is 367 g/mol. The van der Waals surface area contributed by atoms with Gasteiger partial charge in [0.25, 0.3) is 5.91 Å². The van der Waals surface area contributed by atoms with Crippen molar-refractivity contribution >= 4 is 69.2 Å². The molecule has 22 heavy (non-hydrogen) atoms. The molecule has 110 valence electrons. The van der Waals surface area contributed by atoms with E-state index in [-0.39, 0.29) is 5.91 Å². The molecule has 1 amide bonds. The Bertz CT molecular complexity index is 793. The molecule has 0 atom stereocenters. The van der Waals surface area contributed by atoms with Gasteiger partial charge in [0.1, 0.15) is 0 Å². The highest BCUT2D eigenvalue weighted by atomic mass is 35.5. The molecule has 2 aromatic rings. The van der Waals surface area contributed by atoms with Gasteiger partial charge >= 0.3 is 0 Å². The van der Waals surface area contributed by atoms with E-state index in [1.54, 1.807) is 36.7 Å². The lowest BCUT2D eigenvalue weighted by atomic mass is 10.2. The molecule has 0 aliphatic carbocycles. The molecule has 7 heteroatoms. The lowest BCUT2D eigenvalue weighted by Crippen LogP contribution is -2.27. The van der Waals surface area contributed by atoms with Crippen molar-refractivity contribution in [1.82, 2.24) is 4.98 Å². The van der Waals surface area contributed by atoms with Crippen LogP contribution >= 0.6 is 47.2 Å². The van der Waals surface area contributed by atoms with Gasteiger partial charge in [-0.1, -0.05) is 53.2 Å². The topological polar surface area (TPSA) is 33.2 Å². The number of nitrogens with zero attached hydrogens (tertiary/aromatic N) is 2. The van der Waals surface area contributed by atoms with Gasteiger partial charge in [-0.25, -0.2) is 0 Å². The minimum atomic E-state index is -0.183. The largest absolute Gasteiger partial charge is 0.270 e. The van der Waals surface area contributed by atoms with Crippen molar-refractivity contribution < 1.29 is 4.79 Å². The predicted molar refractivity (Wildman–Crippen MR) is 96.4 cm³/mol. The second-order valence-corrected chi connectivity index (χ2v) is 6.89. The highest BCUT2D eigenvalue weighted by molar-refractivity contribution is 8.27. The van der Waals surface area contributed by atoms with Crippen LogP contribution in [0.1, 0.15) is 5.56 Å². The number of rotatable bonds is 2. The predicted octanol–water partition coefficient (Wildman–Crippen LogP) is 4.79. The van der Waals surface area contributed by atoms with Gasteiger partial charge in [-0.2, -0.15) is 0 Å². The van der Waals surface area contributed by atoms with Crippen LogP contribution in [0.25, 0.3) is 6.08 Å². The van der Waals surface area contributed by atoms with Crippen molar-refractivity contribution in [3.63, 3.8) is 0 Å². The van der Waals surface area contributed by atoms with Gasteiger partial charge in [-0.3, -0.25) is 14.7 Å². The first-order chi connectivity index (χ1) is 10.6. The Morgan fingerprint density at radius 1 is 1.23 bits per heavy atom.